The minimum absolute atomic E-state index is 0.00205. The number of carbonyl (C=O) groups excluding carboxylic acids is 1. The standard InChI is InChI=1S/C22H19N3O/c1-2-14-24-20(16-21(26)17-7-4-3-5-8-17)19-9-6-15-25(19)22(24)18-10-12-23-13-11-18/h2-13,15-16,22H,1,14H2/b20-16+. The summed E-state index contributed by atoms with van der Waals surface area (Å²) < 4.78 is 2.18. The third-order valence-corrected chi connectivity index (χ3v) is 4.57. The van der Waals surface area contributed by atoms with Gasteiger partial charge < -0.3 is 9.47 Å². The summed E-state index contributed by atoms with van der Waals surface area (Å²) in [7, 11) is 0. The van der Waals surface area contributed by atoms with Crippen LogP contribution in [0, 0.1) is 0 Å². The number of fused-ring (bicyclic) bond motifs is 1. The molecule has 2 aromatic heterocycles. The van der Waals surface area contributed by atoms with Gasteiger partial charge in [-0.1, -0.05) is 36.4 Å². The molecule has 0 fully saturated rings. The van der Waals surface area contributed by atoms with E-state index < -0.39 is 0 Å². The number of nitrogens with zero attached hydrogens (tertiary/aromatic N) is 3. The van der Waals surface area contributed by atoms with Gasteiger partial charge in [0.25, 0.3) is 0 Å². The lowest BCUT2D eigenvalue weighted by atomic mass is 10.1. The van der Waals surface area contributed by atoms with E-state index in [0.717, 1.165) is 17.0 Å². The van der Waals surface area contributed by atoms with E-state index in [0.29, 0.717) is 12.1 Å². The third-order valence-electron chi connectivity index (χ3n) is 4.57. The van der Waals surface area contributed by atoms with Crippen molar-refractivity contribution in [1.82, 2.24) is 14.5 Å². The van der Waals surface area contributed by atoms with Crippen molar-refractivity contribution >= 4 is 11.5 Å². The minimum Gasteiger partial charge on any atom is -0.341 e. The molecule has 0 radical (unpaired) electrons. The Morgan fingerprint density at radius 3 is 2.58 bits per heavy atom. The first-order valence-corrected chi connectivity index (χ1v) is 8.55. The van der Waals surface area contributed by atoms with E-state index in [-0.39, 0.29) is 11.9 Å². The van der Waals surface area contributed by atoms with Crippen LogP contribution < -0.4 is 0 Å². The summed E-state index contributed by atoms with van der Waals surface area (Å²) in [6.45, 7) is 4.54. The maximum Gasteiger partial charge on any atom is 0.187 e. The van der Waals surface area contributed by atoms with Crippen molar-refractivity contribution < 1.29 is 4.79 Å². The Morgan fingerprint density at radius 1 is 1.08 bits per heavy atom. The van der Waals surface area contributed by atoms with Crippen LogP contribution in [0.2, 0.25) is 0 Å². The summed E-state index contributed by atoms with van der Waals surface area (Å²) in [4.78, 5) is 19.1. The first kappa shape index (κ1) is 16.1. The van der Waals surface area contributed by atoms with Gasteiger partial charge in [-0.3, -0.25) is 9.78 Å². The van der Waals surface area contributed by atoms with Crippen molar-refractivity contribution in [1.29, 1.82) is 0 Å². The second-order valence-corrected chi connectivity index (χ2v) is 6.16. The zero-order valence-corrected chi connectivity index (χ0v) is 14.3. The van der Waals surface area contributed by atoms with Crippen molar-refractivity contribution in [3.63, 3.8) is 0 Å². The number of ketones is 1. The van der Waals surface area contributed by atoms with Crippen LogP contribution in [0.15, 0.2) is 91.9 Å². The molecule has 26 heavy (non-hydrogen) atoms. The van der Waals surface area contributed by atoms with Crippen molar-refractivity contribution in [2.75, 3.05) is 6.54 Å². The Balaban J connectivity index is 1.80. The lowest BCUT2D eigenvalue weighted by molar-refractivity contribution is 0.104. The van der Waals surface area contributed by atoms with Gasteiger partial charge in [0.2, 0.25) is 0 Å². The molecule has 0 saturated carbocycles. The molecule has 1 atom stereocenters. The predicted molar refractivity (Wildman–Crippen MR) is 102 cm³/mol. The first-order valence-electron chi connectivity index (χ1n) is 8.55. The highest BCUT2D eigenvalue weighted by Gasteiger charge is 2.33. The van der Waals surface area contributed by atoms with E-state index >= 15 is 0 Å². The van der Waals surface area contributed by atoms with Gasteiger partial charge in [0.15, 0.2) is 5.78 Å². The second-order valence-electron chi connectivity index (χ2n) is 6.16. The number of pyridine rings is 1. The van der Waals surface area contributed by atoms with E-state index in [1.807, 2.05) is 66.9 Å². The molecule has 0 bridgehead atoms. The minimum atomic E-state index is -0.0178. The Hall–Kier alpha value is -3.40. The molecule has 1 unspecified atom stereocenters. The lowest BCUT2D eigenvalue weighted by Crippen LogP contribution is -2.25. The molecule has 1 aliphatic rings. The molecule has 4 rings (SSSR count). The van der Waals surface area contributed by atoms with Crippen LogP contribution >= 0.6 is 0 Å². The smallest absolute Gasteiger partial charge is 0.187 e. The van der Waals surface area contributed by atoms with Gasteiger partial charge in [0.05, 0.1) is 11.4 Å². The molecule has 1 aliphatic heterocycles. The van der Waals surface area contributed by atoms with Gasteiger partial charge in [-0.2, -0.15) is 0 Å². The molecule has 4 nitrogen and oxygen atoms in total. The molecule has 1 aromatic carbocycles. The number of aromatic nitrogens is 2. The van der Waals surface area contributed by atoms with Crippen LogP contribution in [0.1, 0.15) is 27.8 Å². The fraction of sp³-hybridized carbons (Fsp3) is 0.0909. The van der Waals surface area contributed by atoms with Crippen molar-refractivity contribution in [3.8, 4) is 0 Å². The average molecular weight is 341 g/mol. The van der Waals surface area contributed by atoms with Crippen molar-refractivity contribution in [2.45, 2.75) is 6.17 Å². The van der Waals surface area contributed by atoms with Gasteiger partial charge >= 0.3 is 0 Å². The first-order chi connectivity index (χ1) is 12.8. The Bertz CT molecular complexity index is 957. The maximum atomic E-state index is 12.8. The van der Waals surface area contributed by atoms with Gasteiger partial charge in [-0.15, -0.1) is 6.58 Å². The molecule has 0 saturated heterocycles. The molecule has 0 N–H and O–H groups in total. The summed E-state index contributed by atoms with van der Waals surface area (Å²) >= 11 is 0. The van der Waals surface area contributed by atoms with Crippen molar-refractivity contribution in [3.05, 3.63) is 109 Å². The Labute approximate surface area is 152 Å². The van der Waals surface area contributed by atoms with Crippen LogP contribution in [-0.4, -0.2) is 26.8 Å². The summed E-state index contributed by atoms with van der Waals surface area (Å²) in [5, 5.41) is 0. The van der Waals surface area contributed by atoms with E-state index in [2.05, 4.69) is 21.0 Å². The van der Waals surface area contributed by atoms with Crippen LogP contribution in [0.25, 0.3) is 5.70 Å². The summed E-state index contributed by atoms with van der Waals surface area (Å²) in [6, 6.07) is 17.4. The lowest BCUT2D eigenvalue weighted by Gasteiger charge is -2.27. The van der Waals surface area contributed by atoms with E-state index in [1.165, 1.54) is 0 Å². The van der Waals surface area contributed by atoms with Crippen molar-refractivity contribution in [2.24, 2.45) is 0 Å². The normalized spacial score (nSPS) is 17.3. The number of rotatable bonds is 5. The number of benzene rings is 1. The largest absolute Gasteiger partial charge is 0.341 e. The highest BCUT2D eigenvalue weighted by molar-refractivity contribution is 6.08. The zero-order chi connectivity index (χ0) is 17.9. The molecule has 3 aromatic rings. The number of carbonyl (C=O) groups is 1. The third kappa shape index (κ3) is 2.75. The molecular formula is C22H19N3O. The van der Waals surface area contributed by atoms with Crippen LogP contribution in [-0.2, 0) is 0 Å². The summed E-state index contributed by atoms with van der Waals surface area (Å²) in [5.74, 6) is -0.00205. The monoisotopic (exact) mass is 341 g/mol. The van der Waals surface area contributed by atoms with Gasteiger partial charge in [0.1, 0.15) is 6.17 Å². The molecule has 4 heteroatoms. The summed E-state index contributed by atoms with van der Waals surface area (Å²) in [5.41, 5.74) is 3.74. The zero-order valence-electron chi connectivity index (χ0n) is 14.3. The van der Waals surface area contributed by atoms with E-state index in [1.54, 1.807) is 18.5 Å². The molecule has 0 spiro atoms. The van der Waals surface area contributed by atoms with E-state index in [9.17, 15) is 4.79 Å². The van der Waals surface area contributed by atoms with Gasteiger partial charge in [-0.05, 0) is 29.8 Å². The SMILES string of the molecule is C=CCN1/C(=C/C(=O)c2ccccc2)c2cccn2C1c1ccncc1. The molecule has 0 amide bonds. The Kier molecular flexibility index (Phi) is 4.23. The van der Waals surface area contributed by atoms with Crippen LogP contribution in [0.5, 0.6) is 0 Å². The fourth-order valence-electron chi connectivity index (χ4n) is 3.43. The maximum absolute atomic E-state index is 12.8. The highest BCUT2D eigenvalue weighted by atomic mass is 16.1. The highest BCUT2D eigenvalue weighted by Crippen LogP contribution is 2.39. The van der Waals surface area contributed by atoms with Crippen LogP contribution in [0.3, 0.4) is 0 Å². The predicted octanol–water partition coefficient (Wildman–Crippen LogP) is 4.16. The van der Waals surface area contributed by atoms with E-state index in [4.69, 9.17) is 0 Å². The number of allylic oxidation sites excluding steroid dienone is 1. The quantitative estimate of drug-likeness (QED) is 0.397. The summed E-state index contributed by atoms with van der Waals surface area (Å²) in [6.07, 6.45) is 9.20. The second kappa shape index (κ2) is 6.84. The molecule has 128 valence electrons. The molecule has 0 aliphatic carbocycles. The van der Waals surface area contributed by atoms with Crippen LogP contribution in [0.4, 0.5) is 0 Å². The van der Waals surface area contributed by atoms with Gasteiger partial charge in [0, 0.05) is 36.8 Å². The average Bonchev–Trinajstić information content (AvgIpc) is 3.26. The molecular weight excluding hydrogens is 322 g/mol. The Morgan fingerprint density at radius 2 is 1.85 bits per heavy atom. The van der Waals surface area contributed by atoms with Gasteiger partial charge in [-0.25, -0.2) is 0 Å². The topological polar surface area (TPSA) is 38.1 Å². The fourth-order valence-corrected chi connectivity index (χ4v) is 3.43. The number of hydrogen-bond acceptors (Lipinski definition) is 3. The number of hydrogen-bond donors (Lipinski definition) is 0. The molecule has 3 heterocycles.